The van der Waals surface area contributed by atoms with Gasteiger partial charge in [0.2, 0.25) is 0 Å². The van der Waals surface area contributed by atoms with Gasteiger partial charge in [-0.3, -0.25) is 0 Å². The molecule has 15 heavy (non-hydrogen) atoms. The molecule has 76 valence electrons. The van der Waals surface area contributed by atoms with Crippen molar-refractivity contribution in [1.29, 1.82) is 5.26 Å². The minimum absolute atomic E-state index is 0.0611. The molecule has 0 radical (unpaired) electrons. The molecular formula is C10H11N5. The number of nitrogens with two attached hydrogens (primary N) is 1. The standard InChI is InChI=1S/C10H11N5/c11-3-1-8(5-12)9-2-4-15-10(9)6-13-7-14-15/h2,4,6-8H,1,5,12H2. The second-order valence-corrected chi connectivity index (χ2v) is 3.30. The molecule has 0 spiro atoms. The zero-order valence-electron chi connectivity index (χ0n) is 8.17. The van der Waals surface area contributed by atoms with Crippen LogP contribution in [0, 0.1) is 11.3 Å². The highest BCUT2D eigenvalue weighted by atomic mass is 15.2. The van der Waals surface area contributed by atoms with Crippen LogP contribution in [0.5, 0.6) is 0 Å². The van der Waals surface area contributed by atoms with Crippen LogP contribution in [0.2, 0.25) is 0 Å². The Morgan fingerprint density at radius 3 is 3.20 bits per heavy atom. The molecule has 5 heteroatoms. The van der Waals surface area contributed by atoms with Crippen LogP contribution in [0.25, 0.3) is 5.52 Å². The molecule has 2 heterocycles. The maximum absolute atomic E-state index is 8.70. The third-order valence-corrected chi connectivity index (χ3v) is 2.44. The summed E-state index contributed by atoms with van der Waals surface area (Å²) in [5, 5.41) is 12.8. The maximum Gasteiger partial charge on any atom is 0.136 e. The lowest BCUT2D eigenvalue weighted by atomic mass is 9.98. The molecule has 1 unspecified atom stereocenters. The Kier molecular flexibility index (Phi) is 2.61. The average molecular weight is 201 g/mol. The molecule has 5 nitrogen and oxygen atoms in total. The van der Waals surface area contributed by atoms with Crippen molar-refractivity contribution in [2.75, 3.05) is 6.54 Å². The first-order valence-corrected chi connectivity index (χ1v) is 4.71. The van der Waals surface area contributed by atoms with Gasteiger partial charge < -0.3 is 5.73 Å². The van der Waals surface area contributed by atoms with Gasteiger partial charge in [0.1, 0.15) is 6.33 Å². The first-order chi connectivity index (χ1) is 7.36. The van der Waals surface area contributed by atoms with Gasteiger partial charge in [-0.25, -0.2) is 9.50 Å². The summed E-state index contributed by atoms with van der Waals surface area (Å²) in [4.78, 5) is 3.97. The number of nitriles is 1. The fraction of sp³-hybridized carbons (Fsp3) is 0.300. The molecular weight excluding hydrogens is 190 g/mol. The van der Waals surface area contributed by atoms with E-state index in [1.165, 1.54) is 6.33 Å². The predicted octanol–water partition coefficient (Wildman–Crippen LogP) is 0.685. The molecule has 2 aromatic rings. The second kappa shape index (κ2) is 4.07. The number of rotatable bonds is 3. The van der Waals surface area contributed by atoms with Crippen LogP contribution < -0.4 is 5.73 Å². The quantitative estimate of drug-likeness (QED) is 0.792. The molecule has 0 fully saturated rings. The van der Waals surface area contributed by atoms with Crippen molar-refractivity contribution >= 4 is 5.52 Å². The molecule has 0 aliphatic rings. The van der Waals surface area contributed by atoms with E-state index >= 15 is 0 Å². The lowest BCUT2D eigenvalue weighted by Crippen LogP contribution is -2.11. The number of hydrogen-bond donors (Lipinski definition) is 1. The Balaban J connectivity index is 2.47. The van der Waals surface area contributed by atoms with E-state index in [0.717, 1.165) is 11.1 Å². The summed E-state index contributed by atoms with van der Waals surface area (Å²) in [7, 11) is 0. The first kappa shape index (κ1) is 9.62. The van der Waals surface area contributed by atoms with E-state index in [4.69, 9.17) is 11.0 Å². The zero-order valence-corrected chi connectivity index (χ0v) is 8.17. The van der Waals surface area contributed by atoms with Crippen LogP contribution in [-0.2, 0) is 0 Å². The van der Waals surface area contributed by atoms with Gasteiger partial charge in [0, 0.05) is 25.1 Å². The summed E-state index contributed by atoms with van der Waals surface area (Å²) in [5.41, 5.74) is 7.60. The molecule has 0 aromatic carbocycles. The summed E-state index contributed by atoms with van der Waals surface area (Å²) < 4.78 is 1.74. The van der Waals surface area contributed by atoms with Gasteiger partial charge in [-0.1, -0.05) is 0 Å². The highest BCUT2D eigenvalue weighted by Crippen LogP contribution is 2.22. The molecule has 2 N–H and O–H groups in total. The van der Waals surface area contributed by atoms with Gasteiger partial charge in [-0.15, -0.1) is 0 Å². The van der Waals surface area contributed by atoms with Crippen molar-refractivity contribution in [2.45, 2.75) is 12.3 Å². The molecule has 1 atom stereocenters. The van der Waals surface area contributed by atoms with Gasteiger partial charge in [0.15, 0.2) is 0 Å². The molecule has 0 amide bonds. The average Bonchev–Trinajstić information content (AvgIpc) is 2.70. The molecule has 2 rings (SSSR count). The van der Waals surface area contributed by atoms with Crippen LogP contribution in [0.1, 0.15) is 17.9 Å². The van der Waals surface area contributed by atoms with E-state index < -0.39 is 0 Å². The number of nitrogens with zero attached hydrogens (tertiary/aromatic N) is 4. The highest BCUT2D eigenvalue weighted by molar-refractivity contribution is 5.54. The van der Waals surface area contributed by atoms with Gasteiger partial charge in [0.05, 0.1) is 17.8 Å². The van der Waals surface area contributed by atoms with Crippen molar-refractivity contribution in [3.8, 4) is 6.07 Å². The number of fused-ring (bicyclic) bond motifs is 1. The van der Waals surface area contributed by atoms with Crippen molar-refractivity contribution in [3.05, 3.63) is 30.4 Å². The van der Waals surface area contributed by atoms with Crippen LogP contribution in [-0.4, -0.2) is 21.1 Å². The van der Waals surface area contributed by atoms with Crippen molar-refractivity contribution < 1.29 is 0 Å². The molecule has 0 saturated heterocycles. The Morgan fingerprint density at radius 2 is 2.47 bits per heavy atom. The summed E-state index contributed by atoms with van der Waals surface area (Å²) in [6.45, 7) is 0.460. The van der Waals surface area contributed by atoms with Crippen LogP contribution >= 0.6 is 0 Å². The topological polar surface area (TPSA) is 80.0 Å². The Hall–Kier alpha value is -1.93. The van der Waals surface area contributed by atoms with Crippen LogP contribution in [0.15, 0.2) is 24.8 Å². The van der Waals surface area contributed by atoms with Crippen molar-refractivity contribution in [2.24, 2.45) is 5.73 Å². The normalized spacial score (nSPS) is 12.5. The third-order valence-electron chi connectivity index (χ3n) is 2.44. The lowest BCUT2D eigenvalue weighted by molar-refractivity contribution is 0.721. The summed E-state index contributed by atoms with van der Waals surface area (Å²) in [6, 6.07) is 4.08. The summed E-state index contributed by atoms with van der Waals surface area (Å²) in [5.74, 6) is 0.0611. The maximum atomic E-state index is 8.70. The molecule has 0 aliphatic heterocycles. The lowest BCUT2D eigenvalue weighted by Gasteiger charge is -2.08. The Bertz CT molecular complexity index is 496. The van der Waals surface area contributed by atoms with E-state index in [2.05, 4.69) is 16.2 Å². The van der Waals surface area contributed by atoms with Gasteiger partial charge in [0.25, 0.3) is 0 Å². The SMILES string of the molecule is N#CCC(CN)c1ccn2ncncc12. The van der Waals surface area contributed by atoms with E-state index in [0.29, 0.717) is 13.0 Å². The zero-order chi connectivity index (χ0) is 10.7. The number of hydrogen-bond acceptors (Lipinski definition) is 4. The van der Waals surface area contributed by atoms with Gasteiger partial charge in [-0.2, -0.15) is 10.4 Å². The van der Waals surface area contributed by atoms with E-state index in [1.54, 1.807) is 10.7 Å². The fourth-order valence-electron chi connectivity index (χ4n) is 1.65. The monoisotopic (exact) mass is 201 g/mol. The molecule has 2 aromatic heterocycles. The predicted molar refractivity (Wildman–Crippen MR) is 55.0 cm³/mol. The van der Waals surface area contributed by atoms with E-state index in [9.17, 15) is 0 Å². The summed E-state index contributed by atoms with van der Waals surface area (Å²) in [6.07, 6.45) is 5.50. The third kappa shape index (κ3) is 1.67. The summed E-state index contributed by atoms with van der Waals surface area (Å²) >= 11 is 0. The Labute approximate surface area is 87.1 Å². The molecule has 0 saturated carbocycles. The van der Waals surface area contributed by atoms with E-state index in [1.807, 2.05) is 12.3 Å². The molecule has 0 bridgehead atoms. The minimum Gasteiger partial charge on any atom is -0.330 e. The van der Waals surface area contributed by atoms with E-state index in [-0.39, 0.29) is 5.92 Å². The van der Waals surface area contributed by atoms with Crippen molar-refractivity contribution in [1.82, 2.24) is 14.6 Å². The van der Waals surface area contributed by atoms with Crippen molar-refractivity contribution in [3.63, 3.8) is 0 Å². The number of aromatic nitrogens is 3. The smallest absolute Gasteiger partial charge is 0.136 e. The fourth-order valence-corrected chi connectivity index (χ4v) is 1.65. The first-order valence-electron chi connectivity index (χ1n) is 4.71. The van der Waals surface area contributed by atoms with Gasteiger partial charge in [-0.05, 0) is 11.6 Å². The molecule has 0 aliphatic carbocycles. The largest absolute Gasteiger partial charge is 0.330 e. The van der Waals surface area contributed by atoms with Gasteiger partial charge >= 0.3 is 0 Å². The van der Waals surface area contributed by atoms with Crippen LogP contribution in [0.4, 0.5) is 0 Å². The highest BCUT2D eigenvalue weighted by Gasteiger charge is 2.13. The minimum atomic E-state index is 0.0611. The van der Waals surface area contributed by atoms with Crippen LogP contribution in [0.3, 0.4) is 0 Å². The second-order valence-electron chi connectivity index (χ2n) is 3.30. The Morgan fingerprint density at radius 1 is 1.60 bits per heavy atom.